The highest BCUT2D eigenvalue weighted by Crippen LogP contribution is 2.07. The number of halogens is 1. The molecular weight excluding hydrogens is 222 g/mol. The van der Waals surface area contributed by atoms with E-state index in [1.54, 1.807) is 5.38 Å². The van der Waals surface area contributed by atoms with Crippen LogP contribution in [-0.2, 0) is 0 Å². The maximum absolute atomic E-state index is 11.4. The number of amides is 1. The molecule has 0 aliphatic heterocycles. The number of hydrogen-bond acceptors (Lipinski definition) is 4. The Bertz CT molecular complexity index is 289. The van der Waals surface area contributed by atoms with Crippen molar-refractivity contribution in [2.24, 2.45) is 5.92 Å². The van der Waals surface area contributed by atoms with E-state index in [1.165, 1.54) is 0 Å². The van der Waals surface area contributed by atoms with Gasteiger partial charge in [0.15, 0.2) is 5.69 Å². The number of aromatic nitrogens is 2. The highest BCUT2D eigenvalue weighted by molar-refractivity contribution is 7.03. The molecule has 1 aromatic rings. The predicted octanol–water partition coefficient (Wildman–Crippen LogP) is 1.53. The quantitative estimate of drug-likeness (QED) is 0.803. The summed E-state index contributed by atoms with van der Waals surface area (Å²) in [7, 11) is 0. The number of nitrogens with one attached hydrogen (secondary N) is 1. The van der Waals surface area contributed by atoms with Crippen LogP contribution in [0.25, 0.3) is 0 Å². The van der Waals surface area contributed by atoms with Gasteiger partial charge in [-0.3, -0.25) is 4.79 Å². The van der Waals surface area contributed by atoms with E-state index in [0.29, 0.717) is 18.2 Å². The summed E-state index contributed by atoms with van der Waals surface area (Å²) in [5.41, 5.74) is 0.350. The van der Waals surface area contributed by atoms with Gasteiger partial charge >= 0.3 is 0 Å². The average molecular weight is 234 g/mol. The molecule has 0 spiro atoms. The smallest absolute Gasteiger partial charge is 0.272 e. The molecule has 6 heteroatoms. The summed E-state index contributed by atoms with van der Waals surface area (Å²) in [6.07, 6.45) is 0. The van der Waals surface area contributed by atoms with E-state index < -0.39 is 0 Å². The third-order valence-corrected chi connectivity index (χ3v) is 2.94. The van der Waals surface area contributed by atoms with Crippen LogP contribution in [0.4, 0.5) is 0 Å². The van der Waals surface area contributed by atoms with Gasteiger partial charge in [-0.05, 0) is 17.5 Å². The fourth-order valence-electron chi connectivity index (χ4n) is 0.780. The lowest BCUT2D eigenvalue weighted by Gasteiger charge is -2.13. The van der Waals surface area contributed by atoms with Crippen molar-refractivity contribution in [3.63, 3.8) is 0 Å². The zero-order chi connectivity index (χ0) is 10.6. The molecule has 0 radical (unpaired) electrons. The summed E-state index contributed by atoms with van der Waals surface area (Å²) < 4.78 is 3.60. The fraction of sp³-hybridized carbons (Fsp3) is 0.625. The first-order valence-electron chi connectivity index (χ1n) is 4.30. The first kappa shape index (κ1) is 11.4. The SMILES string of the molecule is CC(C)C(Cl)CNC(=O)c1csnn1. The van der Waals surface area contributed by atoms with Gasteiger partial charge in [0, 0.05) is 11.9 Å². The second kappa shape index (κ2) is 5.26. The van der Waals surface area contributed by atoms with E-state index in [0.717, 1.165) is 11.5 Å². The maximum Gasteiger partial charge on any atom is 0.272 e. The van der Waals surface area contributed by atoms with Gasteiger partial charge in [-0.2, -0.15) is 0 Å². The van der Waals surface area contributed by atoms with Crippen LogP contribution in [0.3, 0.4) is 0 Å². The average Bonchev–Trinajstić information content (AvgIpc) is 2.66. The zero-order valence-electron chi connectivity index (χ0n) is 8.03. The van der Waals surface area contributed by atoms with E-state index >= 15 is 0 Å². The molecular formula is C8H12ClN3OS. The second-order valence-corrected chi connectivity index (χ2v) is 4.43. The minimum Gasteiger partial charge on any atom is -0.349 e. The van der Waals surface area contributed by atoms with Crippen LogP contribution >= 0.6 is 23.1 Å². The van der Waals surface area contributed by atoms with Crippen molar-refractivity contribution in [2.75, 3.05) is 6.54 Å². The maximum atomic E-state index is 11.4. The van der Waals surface area contributed by atoms with Crippen LogP contribution in [0.15, 0.2) is 5.38 Å². The normalized spacial score (nSPS) is 12.9. The Hall–Kier alpha value is -0.680. The molecule has 0 bridgehead atoms. The molecule has 0 aromatic carbocycles. The number of nitrogens with zero attached hydrogens (tertiary/aromatic N) is 2. The van der Waals surface area contributed by atoms with Crippen LogP contribution in [0.5, 0.6) is 0 Å². The van der Waals surface area contributed by atoms with Gasteiger partial charge in [-0.1, -0.05) is 18.3 Å². The first-order valence-corrected chi connectivity index (χ1v) is 5.58. The molecule has 1 aromatic heterocycles. The molecule has 1 N–H and O–H groups in total. The summed E-state index contributed by atoms with van der Waals surface area (Å²) in [6.45, 7) is 4.47. The van der Waals surface area contributed by atoms with E-state index in [1.807, 2.05) is 13.8 Å². The van der Waals surface area contributed by atoms with Crippen molar-refractivity contribution in [1.29, 1.82) is 0 Å². The molecule has 0 saturated heterocycles. The van der Waals surface area contributed by atoms with Crippen LogP contribution in [-0.4, -0.2) is 27.4 Å². The first-order chi connectivity index (χ1) is 6.61. The Morgan fingerprint density at radius 3 is 2.93 bits per heavy atom. The van der Waals surface area contributed by atoms with Gasteiger partial charge in [0.1, 0.15) is 0 Å². The molecule has 14 heavy (non-hydrogen) atoms. The molecule has 0 fully saturated rings. The number of carbonyl (C=O) groups excluding carboxylic acids is 1. The summed E-state index contributed by atoms with van der Waals surface area (Å²) >= 11 is 7.13. The van der Waals surface area contributed by atoms with Crippen molar-refractivity contribution in [3.8, 4) is 0 Å². The standard InChI is InChI=1S/C8H12ClN3OS/c1-5(2)6(9)3-10-8(13)7-4-14-12-11-7/h4-6H,3H2,1-2H3,(H,10,13). The van der Waals surface area contributed by atoms with Gasteiger partial charge in [0.2, 0.25) is 0 Å². The highest BCUT2D eigenvalue weighted by atomic mass is 35.5. The molecule has 1 unspecified atom stereocenters. The third-order valence-electron chi connectivity index (χ3n) is 1.77. The van der Waals surface area contributed by atoms with Crippen molar-refractivity contribution in [2.45, 2.75) is 19.2 Å². The Kier molecular flexibility index (Phi) is 4.28. The summed E-state index contributed by atoms with van der Waals surface area (Å²) in [5, 5.41) is 7.91. The number of carbonyl (C=O) groups is 1. The monoisotopic (exact) mass is 233 g/mol. The summed E-state index contributed by atoms with van der Waals surface area (Å²) in [5.74, 6) is 0.121. The summed E-state index contributed by atoms with van der Waals surface area (Å²) in [4.78, 5) is 11.4. The Labute approximate surface area is 91.8 Å². The van der Waals surface area contributed by atoms with E-state index in [9.17, 15) is 4.79 Å². The number of hydrogen-bond donors (Lipinski definition) is 1. The topological polar surface area (TPSA) is 54.9 Å². The van der Waals surface area contributed by atoms with Gasteiger partial charge in [-0.25, -0.2) is 0 Å². The van der Waals surface area contributed by atoms with Gasteiger partial charge in [0.05, 0.1) is 5.38 Å². The number of alkyl halides is 1. The minimum absolute atomic E-state index is 0.0504. The Morgan fingerprint density at radius 2 is 2.43 bits per heavy atom. The van der Waals surface area contributed by atoms with Gasteiger partial charge in [0.25, 0.3) is 5.91 Å². The lowest BCUT2D eigenvalue weighted by Crippen LogP contribution is -2.32. The van der Waals surface area contributed by atoms with Gasteiger partial charge in [-0.15, -0.1) is 16.7 Å². The third kappa shape index (κ3) is 3.23. The van der Waals surface area contributed by atoms with E-state index in [-0.39, 0.29) is 11.3 Å². The molecule has 1 amide bonds. The Morgan fingerprint density at radius 1 is 1.71 bits per heavy atom. The second-order valence-electron chi connectivity index (χ2n) is 3.26. The molecule has 0 saturated carbocycles. The van der Waals surface area contributed by atoms with Crippen molar-refractivity contribution >= 4 is 29.0 Å². The van der Waals surface area contributed by atoms with Crippen LogP contribution in [0.2, 0.25) is 0 Å². The Balaban J connectivity index is 2.36. The van der Waals surface area contributed by atoms with Crippen LogP contribution < -0.4 is 5.32 Å². The van der Waals surface area contributed by atoms with Crippen molar-refractivity contribution < 1.29 is 4.79 Å². The number of rotatable bonds is 4. The molecule has 0 aliphatic carbocycles. The van der Waals surface area contributed by atoms with E-state index in [2.05, 4.69) is 14.9 Å². The van der Waals surface area contributed by atoms with Crippen LogP contribution in [0, 0.1) is 5.92 Å². The highest BCUT2D eigenvalue weighted by Gasteiger charge is 2.13. The lowest BCUT2D eigenvalue weighted by molar-refractivity contribution is 0.0947. The molecule has 1 atom stereocenters. The van der Waals surface area contributed by atoms with E-state index in [4.69, 9.17) is 11.6 Å². The van der Waals surface area contributed by atoms with Gasteiger partial charge < -0.3 is 5.32 Å². The fourth-order valence-corrected chi connectivity index (χ4v) is 1.29. The summed E-state index contributed by atoms with van der Waals surface area (Å²) in [6, 6.07) is 0. The van der Waals surface area contributed by atoms with Crippen LogP contribution in [0.1, 0.15) is 24.3 Å². The lowest BCUT2D eigenvalue weighted by atomic mass is 10.1. The molecule has 78 valence electrons. The molecule has 1 rings (SSSR count). The largest absolute Gasteiger partial charge is 0.349 e. The minimum atomic E-state index is -0.218. The predicted molar refractivity (Wildman–Crippen MR) is 56.7 cm³/mol. The molecule has 0 aliphatic rings. The zero-order valence-corrected chi connectivity index (χ0v) is 9.60. The molecule has 4 nitrogen and oxygen atoms in total. The van der Waals surface area contributed by atoms with Crippen molar-refractivity contribution in [1.82, 2.24) is 14.9 Å². The molecule has 1 heterocycles. The van der Waals surface area contributed by atoms with Crippen molar-refractivity contribution in [3.05, 3.63) is 11.1 Å².